The van der Waals surface area contributed by atoms with E-state index in [-0.39, 0.29) is 5.91 Å². The first-order chi connectivity index (χ1) is 11.1. The van der Waals surface area contributed by atoms with Gasteiger partial charge in [0.15, 0.2) is 0 Å². The zero-order valence-electron chi connectivity index (χ0n) is 12.5. The SMILES string of the molecule is CN1Cc2cc(CNc3nc(N)c4ccsc4n3)ccc2C1=O. The van der Waals surface area contributed by atoms with E-state index in [0.29, 0.717) is 24.9 Å². The molecule has 0 bridgehead atoms. The molecule has 3 N–H and O–H groups in total. The minimum atomic E-state index is 0.0822. The van der Waals surface area contributed by atoms with Crippen LogP contribution in [-0.4, -0.2) is 27.8 Å². The van der Waals surface area contributed by atoms with Crippen LogP contribution in [0.25, 0.3) is 10.2 Å². The van der Waals surface area contributed by atoms with Crippen LogP contribution in [-0.2, 0) is 13.1 Å². The van der Waals surface area contributed by atoms with E-state index in [1.165, 1.54) is 11.3 Å². The Morgan fingerprint density at radius 2 is 2.22 bits per heavy atom. The Labute approximate surface area is 137 Å². The Kier molecular flexibility index (Phi) is 3.16. The number of fused-ring (bicyclic) bond motifs is 2. The van der Waals surface area contributed by atoms with Gasteiger partial charge in [-0.15, -0.1) is 11.3 Å². The summed E-state index contributed by atoms with van der Waals surface area (Å²) in [6.45, 7) is 1.24. The monoisotopic (exact) mass is 325 g/mol. The maximum Gasteiger partial charge on any atom is 0.254 e. The maximum absolute atomic E-state index is 11.9. The number of carbonyl (C=O) groups is 1. The molecule has 1 amide bonds. The molecule has 0 atom stereocenters. The Morgan fingerprint density at radius 3 is 3.09 bits per heavy atom. The molecule has 116 valence electrons. The molecular weight excluding hydrogens is 310 g/mol. The standard InChI is InChI=1S/C16H15N5OS/c1-21-8-10-6-9(2-3-11(10)15(21)22)7-18-16-19-13(17)12-4-5-23-14(12)20-16/h2-6H,7-8H2,1H3,(H3,17,18,19,20). The van der Waals surface area contributed by atoms with Gasteiger partial charge in [0.1, 0.15) is 10.6 Å². The van der Waals surface area contributed by atoms with Crippen molar-refractivity contribution in [3.05, 3.63) is 46.3 Å². The summed E-state index contributed by atoms with van der Waals surface area (Å²) in [5.41, 5.74) is 8.88. The fourth-order valence-corrected chi connectivity index (χ4v) is 3.54. The van der Waals surface area contributed by atoms with Gasteiger partial charge >= 0.3 is 0 Å². The number of nitrogen functional groups attached to an aromatic ring is 1. The predicted octanol–water partition coefficient (Wildman–Crippen LogP) is 2.47. The molecule has 1 aliphatic heterocycles. The van der Waals surface area contributed by atoms with Crippen LogP contribution >= 0.6 is 11.3 Å². The number of hydrogen-bond donors (Lipinski definition) is 2. The third kappa shape index (κ3) is 2.39. The fraction of sp³-hybridized carbons (Fsp3) is 0.188. The molecule has 1 aliphatic rings. The third-order valence-electron chi connectivity index (χ3n) is 3.96. The molecule has 0 aliphatic carbocycles. The number of benzene rings is 1. The van der Waals surface area contributed by atoms with Gasteiger partial charge < -0.3 is 16.0 Å². The molecule has 3 heterocycles. The molecule has 0 radical (unpaired) electrons. The summed E-state index contributed by atoms with van der Waals surface area (Å²) in [6.07, 6.45) is 0. The average molecular weight is 325 g/mol. The van der Waals surface area contributed by atoms with E-state index < -0.39 is 0 Å². The lowest BCUT2D eigenvalue weighted by Crippen LogP contribution is -2.17. The predicted molar refractivity (Wildman–Crippen MR) is 91.4 cm³/mol. The summed E-state index contributed by atoms with van der Waals surface area (Å²) in [4.78, 5) is 23.2. The number of thiophene rings is 1. The van der Waals surface area contributed by atoms with E-state index in [2.05, 4.69) is 21.4 Å². The minimum Gasteiger partial charge on any atom is -0.383 e. The second-order valence-corrected chi connectivity index (χ2v) is 6.47. The van der Waals surface area contributed by atoms with Crippen LogP contribution in [0.3, 0.4) is 0 Å². The molecule has 6 nitrogen and oxygen atoms in total. The second-order valence-electron chi connectivity index (χ2n) is 5.58. The minimum absolute atomic E-state index is 0.0822. The van der Waals surface area contributed by atoms with Crippen molar-refractivity contribution < 1.29 is 4.79 Å². The lowest BCUT2D eigenvalue weighted by molar-refractivity contribution is 0.0816. The normalized spacial score (nSPS) is 13.6. The number of aromatic nitrogens is 2. The maximum atomic E-state index is 11.9. The molecule has 0 saturated carbocycles. The molecule has 2 aromatic heterocycles. The van der Waals surface area contributed by atoms with Crippen molar-refractivity contribution in [3.8, 4) is 0 Å². The van der Waals surface area contributed by atoms with Crippen molar-refractivity contribution in [3.63, 3.8) is 0 Å². The summed E-state index contributed by atoms with van der Waals surface area (Å²) in [5, 5.41) is 6.04. The number of amides is 1. The number of hydrogen-bond acceptors (Lipinski definition) is 6. The van der Waals surface area contributed by atoms with Gasteiger partial charge in [0.2, 0.25) is 5.95 Å². The van der Waals surface area contributed by atoms with Gasteiger partial charge in [0.05, 0.1) is 5.39 Å². The first-order valence-electron chi connectivity index (χ1n) is 7.23. The molecular formula is C16H15N5OS. The van der Waals surface area contributed by atoms with E-state index in [1.54, 1.807) is 4.90 Å². The van der Waals surface area contributed by atoms with Crippen LogP contribution in [0.5, 0.6) is 0 Å². The average Bonchev–Trinajstić information content (AvgIpc) is 3.11. The van der Waals surface area contributed by atoms with Crippen LogP contribution in [0.1, 0.15) is 21.5 Å². The van der Waals surface area contributed by atoms with Gasteiger partial charge in [-0.2, -0.15) is 4.98 Å². The summed E-state index contributed by atoms with van der Waals surface area (Å²) in [6, 6.07) is 7.82. The van der Waals surface area contributed by atoms with Gasteiger partial charge in [0, 0.05) is 25.7 Å². The Hall–Kier alpha value is -2.67. The zero-order chi connectivity index (χ0) is 16.0. The Bertz CT molecular complexity index is 920. The lowest BCUT2D eigenvalue weighted by Gasteiger charge is -2.07. The lowest BCUT2D eigenvalue weighted by atomic mass is 10.1. The third-order valence-corrected chi connectivity index (χ3v) is 4.77. The van der Waals surface area contributed by atoms with Crippen molar-refractivity contribution in [1.29, 1.82) is 0 Å². The molecule has 0 saturated heterocycles. The van der Waals surface area contributed by atoms with Gasteiger partial charge in [-0.25, -0.2) is 4.98 Å². The van der Waals surface area contributed by atoms with Crippen LogP contribution in [0, 0.1) is 0 Å². The highest BCUT2D eigenvalue weighted by Gasteiger charge is 2.24. The molecule has 0 spiro atoms. The number of nitrogens with two attached hydrogens (primary N) is 1. The Morgan fingerprint density at radius 1 is 1.35 bits per heavy atom. The van der Waals surface area contributed by atoms with E-state index in [4.69, 9.17) is 5.73 Å². The van der Waals surface area contributed by atoms with E-state index in [0.717, 1.165) is 26.9 Å². The molecule has 7 heteroatoms. The van der Waals surface area contributed by atoms with Gasteiger partial charge in [-0.05, 0) is 28.6 Å². The topological polar surface area (TPSA) is 84.1 Å². The zero-order valence-corrected chi connectivity index (χ0v) is 13.4. The summed E-state index contributed by atoms with van der Waals surface area (Å²) in [5.74, 6) is 1.09. The van der Waals surface area contributed by atoms with Gasteiger partial charge in [-0.1, -0.05) is 12.1 Å². The van der Waals surface area contributed by atoms with E-state index in [1.807, 2.05) is 30.6 Å². The smallest absolute Gasteiger partial charge is 0.254 e. The highest BCUT2D eigenvalue weighted by Crippen LogP contribution is 2.25. The quantitative estimate of drug-likeness (QED) is 0.773. The molecule has 23 heavy (non-hydrogen) atoms. The fourth-order valence-electron chi connectivity index (χ4n) is 2.77. The molecule has 3 aromatic rings. The molecule has 1 aromatic carbocycles. The van der Waals surface area contributed by atoms with Crippen LogP contribution in [0.4, 0.5) is 11.8 Å². The molecule has 0 fully saturated rings. The van der Waals surface area contributed by atoms with Gasteiger partial charge in [0.25, 0.3) is 5.91 Å². The largest absolute Gasteiger partial charge is 0.383 e. The van der Waals surface area contributed by atoms with Crippen LogP contribution in [0.15, 0.2) is 29.6 Å². The number of nitrogens with one attached hydrogen (secondary N) is 1. The second kappa shape index (κ2) is 5.20. The number of anilines is 2. The number of rotatable bonds is 3. The van der Waals surface area contributed by atoms with Gasteiger partial charge in [-0.3, -0.25) is 4.79 Å². The summed E-state index contributed by atoms with van der Waals surface area (Å²) < 4.78 is 0. The van der Waals surface area contributed by atoms with E-state index >= 15 is 0 Å². The molecule has 0 unspecified atom stereocenters. The first-order valence-corrected chi connectivity index (χ1v) is 8.11. The van der Waals surface area contributed by atoms with Crippen molar-refractivity contribution in [2.24, 2.45) is 0 Å². The van der Waals surface area contributed by atoms with Crippen molar-refractivity contribution in [2.45, 2.75) is 13.1 Å². The van der Waals surface area contributed by atoms with Crippen molar-refractivity contribution >= 4 is 39.2 Å². The van der Waals surface area contributed by atoms with E-state index in [9.17, 15) is 4.79 Å². The Balaban J connectivity index is 1.55. The first kappa shape index (κ1) is 14.0. The summed E-state index contributed by atoms with van der Waals surface area (Å²) in [7, 11) is 1.81. The molecule has 4 rings (SSSR count). The van der Waals surface area contributed by atoms with Crippen molar-refractivity contribution in [2.75, 3.05) is 18.1 Å². The highest BCUT2D eigenvalue weighted by molar-refractivity contribution is 7.16. The summed E-state index contributed by atoms with van der Waals surface area (Å²) >= 11 is 1.54. The van der Waals surface area contributed by atoms with Crippen LogP contribution in [0.2, 0.25) is 0 Å². The number of carbonyl (C=O) groups excluding carboxylic acids is 1. The van der Waals surface area contributed by atoms with Crippen molar-refractivity contribution in [1.82, 2.24) is 14.9 Å². The highest BCUT2D eigenvalue weighted by atomic mass is 32.1. The van der Waals surface area contributed by atoms with Crippen LogP contribution < -0.4 is 11.1 Å². The number of nitrogens with zero attached hydrogens (tertiary/aromatic N) is 3.